The highest BCUT2D eigenvalue weighted by Crippen LogP contribution is 2.22. The summed E-state index contributed by atoms with van der Waals surface area (Å²) < 4.78 is 5.29. The van der Waals surface area contributed by atoms with Gasteiger partial charge in [0, 0.05) is 6.54 Å². The summed E-state index contributed by atoms with van der Waals surface area (Å²) >= 11 is 0. The molecule has 0 radical (unpaired) electrons. The molecule has 27 heavy (non-hydrogen) atoms. The lowest BCUT2D eigenvalue weighted by molar-refractivity contribution is -0.126. The van der Waals surface area contributed by atoms with E-state index in [0.717, 1.165) is 12.1 Å². The van der Waals surface area contributed by atoms with Gasteiger partial charge in [-0.05, 0) is 30.2 Å². The lowest BCUT2D eigenvalue weighted by Crippen LogP contribution is -2.48. The van der Waals surface area contributed by atoms with Crippen molar-refractivity contribution in [2.24, 2.45) is 0 Å². The standard InChI is InChI=1S/C21H22N4O2/c1-25-14-17-10-6-5-9-16(17)12-18(25)21(26)22-13-19-23-20(27-24-19)11-15-7-3-2-4-8-15/h2-10,18H,11-14H2,1H3,(H,22,26)/t18-/m0/s1. The Morgan fingerprint density at radius 2 is 1.89 bits per heavy atom. The van der Waals surface area contributed by atoms with Crippen LogP contribution in [0.4, 0.5) is 0 Å². The van der Waals surface area contributed by atoms with Gasteiger partial charge in [0.05, 0.1) is 19.0 Å². The quantitative estimate of drug-likeness (QED) is 0.754. The molecule has 1 amide bonds. The Bertz CT molecular complexity index is 923. The summed E-state index contributed by atoms with van der Waals surface area (Å²) in [5.41, 5.74) is 3.63. The van der Waals surface area contributed by atoms with Crippen molar-refractivity contribution >= 4 is 5.91 Å². The number of nitrogens with one attached hydrogen (secondary N) is 1. The lowest BCUT2D eigenvalue weighted by Gasteiger charge is -2.32. The highest BCUT2D eigenvalue weighted by Gasteiger charge is 2.28. The molecule has 1 N–H and O–H groups in total. The Labute approximate surface area is 158 Å². The Kier molecular flexibility index (Phi) is 4.98. The number of carbonyl (C=O) groups is 1. The number of aromatic nitrogens is 2. The molecular formula is C21H22N4O2. The summed E-state index contributed by atoms with van der Waals surface area (Å²) in [6.07, 6.45) is 1.30. The molecule has 1 atom stereocenters. The molecule has 0 saturated carbocycles. The van der Waals surface area contributed by atoms with Crippen molar-refractivity contribution in [2.45, 2.75) is 32.0 Å². The number of hydrogen-bond donors (Lipinski definition) is 1. The Morgan fingerprint density at radius 1 is 1.15 bits per heavy atom. The third-order valence-electron chi connectivity index (χ3n) is 4.92. The van der Waals surface area contributed by atoms with E-state index in [1.165, 1.54) is 11.1 Å². The Balaban J connectivity index is 1.34. The molecule has 0 bridgehead atoms. The van der Waals surface area contributed by atoms with Crippen LogP contribution in [-0.2, 0) is 30.7 Å². The van der Waals surface area contributed by atoms with Gasteiger partial charge in [-0.1, -0.05) is 59.8 Å². The second-order valence-corrected chi connectivity index (χ2v) is 6.89. The highest BCUT2D eigenvalue weighted by molar-refractivity contribution is 5.82. The van der Waals surface area contributed by atoms with Gasteiger partial charge in [-0.3, -0.25) is 9.69 Å². The van der Waals surface area contributed by atoms with Gasteiger partial charge in [0.15, 0.2) is 5.82 Å². The zero-order valence-corrected chi connectivity index (χ0v) is 15.3. The number of hydrogen-bond acceptors (Lipinski definition) is 5. The van der Waals surface area contributed by atoms with Crippen molar-refractivity contribution in [1.82, 2.24) is 20.4 Å². The summed E-state index contributed by atoms with van der Waals surface area (Å²) in [5.74, 6) is 1.03. The van der Waals surface area contributed by atoms with Gasteiger partial charge in [0.25, 0.3) is 0 Å². The van der Waals surface area contributed by atoms with Gasteiger partial charge in [-0.2, -0.15) is 4.98 Å². The zero-order valence-electron chi connectivity index (χ0n) is 15.3. The third-order valence-corrected chi connectivity index (χ3v) is 4.92. The van der Waals surface area contributed by atoms with Crippen LogP contribution in [0.1, 0.15) is 28.4 Å². The van der Waals surface area contributed by atoms with Crippen molar-refractivity contribution in [3.63, 3.8) is 0 Å². The molecule has 6 nitrogen and oxygen atoms in total. The molecule has 138 valence electrons. The Hall–Kier alpha value is -2.99. The van der Waals surface area contributed by atoms with Crippen molar-refractivity contribution in [3.8, 4) is 0 Å². The van der Waals surface area contributed by atoms with Crippen LogP contribution >= 0.6 is 0 Å². The van der Waals surface area contributed by atoms with Crippen molar-refractivity contribution in [2.75, 3.05) is 7.05 Å². The van der Waals surface area contributed by atoms with E-state index in [9.17, 15) is 4.79 Å². The maximum atomic E-state index is 12.7. The van der Waals surface area contributed by atoms with Crippen molar-refractivity contribution in [1.29, 1.82) is 0 Å². The molecule has 0 aliphatic carbocycles. The van der Waals surface area contributed by atoms with Gasteiger partial charge in [-0.25, -0.2) is 0 Å². The zero-order chi connectivity index (χ0) is 18.6. The third kappa shape index (κ3) is 4.06. The second-order valence-electron chi connectivity index (χ2n) is 6.89. The monoisotopic (exact) mass is 362 g/mol. The van der Waals surface area contributed by atoms with Crippen LogP contribution < -0.4 is 5.32 Å². The predicted octanol–water partition coefficient (Wildman–Crippen LogP) is 2.33. The van der Waals surface area contributed by atoms with Gasteiger partial charge >= 0.3 is 0 Å². The normalized spacial score (nSPS) is 16.7. The van der Waals surface area contributed by atoms with Crippen molar-refractivity contribution in [3.05, 3.63) is 83.0 Å². The first kappa shape index (κ1) is 17.4. The number of rotatable bonds is 5. The lowest BCUT2D eigenvalue weighted by atomic mass is 9.94. The van der Waals surface area contributed by atoms with Gasteiger partial charge in [0.2, 0.25) is 11.8 Å². The number of fused-ring (bicyclic) bond motifs is 1. The minimum Gasteiger partial charge on any atom is -0.347 e. The van der Waals surface area contributed by atoms with Crippen LogP contribution in [0.25, 0.3) is 0 Å². The largest absolute Gasteiger partial charge is 0.347 e. The van der Waals surface area contributed by atoms with E-state index >= 15 is 0 Å². The van der Waals surface area contributed by atoms with E-state index < -0.39 is 0 Å². The van der Waals surface area contributed by atoms with Crippen LogP contribution in [0.3, 0.4) is 0 Å². The molecule has 3 aromatic rings. The molecule has 2 aromatic carbocycles. The van der Waals surface area contributed by atoms with E-state index in [0.29, 0.717) is 24.6 Å². The van der Waals surface area contributed by atoms with E-state index in [1.807, 2.05) is 49.5 Å². The molecule has 1 aliphatic rings. The first-order valence-corrected chi connectivity index (χ1v) is 9.09. The number of likely N-dealkylation sites (N-methyl/N-ethyl adjacent to an activating group) is 1. The minimum absolute atomic E-state index is 0.0126. The summed E-state index contributed by atoms with van der Waals surface area (Å²) in [7, 11) is 1.98. The number of amides is 1. The molecule has 0 spiro atoms. The van der Waals surface area contributed by atoms with Crippen LogP contribution in [0, 0.1) is 0 Å². The van der Waals surface area contributed by atoms with Crippen molar-refractivity contribution < 1.29 is 9.32 Å². The summed E-state index contributed by atoms with van der Waals surface area (Å²) in [5, 5.41) is 6.91. The summed E-state index contributed by atoms with van der Waals surface area (Å²) in [6.45, 7) is 1.04. The highest BCUT2D eigenvalue weighted by atomic mass is 16.5. The fourth-order valence-corrected chi connectivity index (χ4v) is 3.43. The minimum atomic E-state index is -0.185. The molecule has 0 fully saturated rings. The molecule has 6 heteroatoms. The van der Waals surface area contributed by atoms with Gasteiger partial charge in [0.1, 0.15) is 0 Å². The Morgan fingerprint density at radius 3 is 2.70 bits per heavy atom. The molecular weight excluding hydrogens is 340 g/mol. The second kappa shape index (κ2) is 7.72. The fourth-order valence-electron chi connectivity index (χ4n) is 3.43. The first-order chi connectivity index (χ1) is 13.2. The summed E-state index contributed by atoms with van der Waals surface area (Å²) in [6, 6.07) is 18.0. The molecule has 2 heterocycles. The maximum absolute atomic E-state index is 12.7. The molecule has 1 aromatic heterocycles. The van der Waals surface area contributed by atoms with E-state index in [-0.39, 0.29) is 18.5 Å². The van der Waals surface area contributed by atoms with Gasteiger partial charge in [-0.15, -0.1) is 0 Å². The summed E-state index contributed by atoms with van der Waals surface area (Å²) in [4.78, 5) is 19.1. The van der Waals surface area contributed by atoms with E-state index in [1.54, 1.807) is 0 Å². The van der Waals surface area contributed by atoms with E-state index in [2.05, 4.69) is 32.5 Å². The van der Waals surface area contributed by atoms with Crippen LogP contribution in [0.5, 0.6) is 0 Å². The van der Waals surface area contributed by atoms with Crippen LogP contribution in [0.15, 0.2) is 59.1 Å². The van der Waals surface area contributed by atoms with Crippen LogP contribution in [-0.4, -0.2) is 34.0 Å². The maximum Gasteiger partial charge on any atom is 0.238 e. The van der Waals surface area contributed by atoms with Crippen LogP contribution in [0.2, 0.25) is 0 Å². The SMILES string of the molecule is CN1Cc2ccccc2C[C@H]1C(=O)NCc1noc(Cc2ccccc2)n1. The smallest absolute Gasteiger partial charge is 0.238 e. The predicted molar refractivity (Wildman–Crippen MR) is 101 cm³/mol. The number of carbonyl (C=O) groups excluding carboxylic acids is 1. The molecule has 0 saturated heterocycles. The average molecular weight is 362 g/mol. The topological polar surface area (TPSA) is 71.3 Å². The average Bonchev–Trinajstić information content (AvgIpc) is 3.13. The van der Waals surface area contributed by atoms with E-state index in [4.69, 9.17) is 4.52 Å². The number of nitrogens with zero attached hydrogens (tertiary/aromatic N) is 3. The number of benzene rings is 2. The fraction of sp³-hybridized carbons (Fsp3) is 0.286. The first-order valence-electron chi connectivity index (χ1n) is 9.09. The molecule has 1 aliphatic heterocycles. The molecule has 4 rings (SSSR count). The van der Waals surface area contributed by atoms with Gasteiger partial charge < -0.3 is 9.84 Å². The molecule has 0 unspecified atom stereocenters.